The van der Waals surface area contributed by atoms with Crippen molar-refractivity contribution >= 4 is 17.2 Å². The van der Waals surface area contributed by atoms with E-state index in [1.165, 1.54) is 11.9 Å². The smallest absolute Gasteiger partial charge is 0.157 e. The van der Waals surface area contributed by atoms with Crippen LogP contribution in [-0.4, -0.2) is 9.97 Å². The van der Waals surface area contributed by atoms with Crippen molar-refractivity contribution in [3.05, 3.63) is 42.4 Å². The molecule has 0 aliphatic heterocycles. The highest BCUT2D eigenvalue weighted by Crippen LogP contribution is 2.19. The van der Waals surface area contributed by atoms with Gasteiger partial charge in [0, 0.05) is 5.69 Å². The normalized spacial score (nSPS) is 9.93. The molecule has 0 atom stereocenters. The summed E-state index contributed by atoms with van der Waals surface area (Å²) in [6.07, 6.45) is 3.04. The molecule has 0 radical (unpaired) electrons. The molecule has 0 unspecified atom stereocenters. The Bertz CT molecular complexity index is 468. The summed E-state index contributed by atoms with van der Waals surface area (Å²) < 4.78 is 0. The Hall–Kier alpha value is -2.10. The standard InChI is InChI=1S/C11H12N4/c1-8-3-2-4-9(5-8)15-11-10(12)6-13-7-14-11/h2-7H,12H2,1H3,(H,13,14,15). The summed E-state index contributed by atoms with van der Waals surface area (Å²) >= 11 is 0. The van der Waals surface area contributed by atoms with Crippen LogP contribution >= 0.6 is 0 Å². The molecule has 3 N–H and O–H groups in total. The molecule has 15 heavy (non-hydrogen) atoms. The van der Waals surface area contributed by atoms with Gasteiger partial charge in [-0.2, -0.15) is 0 Å². The third-order valence-corrected chi connectivity index (χ3v) is 2.02. The van der Waals surface area contributed by atoms with Gasteiger partial charge in [0.15, 0.2) is 5.82 Å². The summed E-state index contributed by atoms with van der Waals surface area (Å²) in [6.45, 7) is 2.04. The number of hydrogen-bond acceptors (Lipinski definition) is 4. The third-order valence-electron chi connectivity index (χ3n) is 2.02. The maximum atomic E-state index is 5.72. The van der Waals surface area contributed by atoms with Crippen molar-refractivity contribution in [1.29, 1.82) is 0 Å². The summed E-state index contributed by atoms with van der Waals surface area (Å²) in [7, 11) is 0. The molecule has 0 saturated carbocycles. The van der Waals surface area contributed by atoms with Gasteiger partial charge in [0.25, 0.3) is 0 Å². The van der Waals surface area contributed by atoms with Crippen LogP contribution in [0.2, 0.25) is 0 Å². The lowest BCUT2D eigenvalue weighted by Crippen LogP contribution is -1.99. The molecule has 0 spiro atoms. The SMILES string of the molecule is Cc1cccc(Nc2ncncc2N)c1. The number of nitrogen functional groups attached to an aromatic ring is 1. The van der Waals surface area contributed by atoms with Crippen molar-refractivity contribution in [2.24, 2.45) is 0 Å². The minimum atomic E-state index is 0.541. The Morgan fingerprint density at radius 3 is 2.93 bits per heavy atom. The molecule has 76 valence electrons. The molecular weight excluding hydrogens is 188 g/mol. The van der Waals surface area contributed by atoms with Gasteiger partial charge >= 0.3 is 0 Å². The van der Waals surface area contributed by atoms with E-state index in [0.717, 1.165) is 5.69 Å². The van der Waals surface area contributed by atoms with Crippen molar-refractivity contribution in [1.82, 2.24) is 9.97 Å². The quantitative estimate of drug-likeness (QED) is 0.779. The second kappa shape index (κ2) is 3.96. The molecule has 0 aliphatic rings. The van der Waals surface area contributed by atoms with Crippen LogP contribution in [0, 0.1) is 6.92 Å². The van der Waals surface area contributed by atoms with Gasteiger partial charge in [0.2, 0.25) is 0 Å². The number of nitrogens with two attached hydrogens (primary N) is 1. The number of hydrogen-bond donors (Lipinski definition) is 2. The average molecular weight is 200 g/mol. The molecule has 4 nitrogen and oxygen atoms in total. The van der Waals surface area contributed by atoms with Crippen LogP contribution in [-0.2, 0) is 0 Å². The first-order valence-electron chi connectivity index (χ1n) is 4.65. The predicted octanol–water partition coefficient (Wildman–Crippen LogP) is 2.11. The van der Waals surface area contributed by atoms with E-state index >= 15 is 0 Å². The zero-order valence-electron chi connectivity index (χ0n) is 8.44. The molecule has 1 aromatic heterocycles. The largest absolute Gasteiger partial charge is 0.394 e. The van der Waals surface area contributed by atoms with E-state index in [9.17, 15) is 0 Å². The van der Waals surface area contributed by atoms with Gasteiger partial charge in [0.1, 0.15) is 6.33 Å². The van der Waals surface area contributed by atoms with Crippen LogP contribution in [0.25, 0.3) is 0 Å². The number of nitrogens with zero attached hydrogens (tertiary/aromatic N) is 2. The van der Waals surface area contributed by atoms with E-state index in [1.54, 1.807) is 6.20 Å². The Morgan fingerprint density at radius 1 is 1.33 bits per heavy atom. The van der Waals surface area contributed by atoms with Gasteiger partial charge in [0.05, 0.1) is 11.9 Å². The Balaban J connectivity index is 2.26. The number of aromatic nitrogens is 2. The van der Waals surface area contributed by atoms with Crippen molar-refractivity contribution in [2.75, 3.05) is 11.1 Å². The first-order valence-corrected chi connectivity index (χ1v) is 4.65. The zero-order valence-corrected chi connectivity index (χ0v) is 8.44. The average Bonchev–Trinajstić information content (AvgIpc) is 2.22. The van der Waals surface area contributed by atoms with Crippen molar-refractivity contribution < 1.29 is 0 Å². The number of rotatable bonds is 2. The Labute approximate surface area is 88.2 Å². The molecule has 0 fully saturated rings. The maximum absolute atomic E-state index is 5.72. The van der Waals surface area contributed by atoms with Crippen molar-refractivity contribution in [2.45, 2.75) is 6.92 Å². The van der Waals surface area contributed by atoms with Crippen LogP contribution in [0.4, 0.5) is 17.2 Å². The molecule has 2 rings (SSSR count). The second-order valence-electron chi connectivity index (χ2n) is 3.32. The summed E-state index contributed by atoms with van der Waals surface area (Å²) in [5.41, 5.74) is 8.42. The van der Waals surface area contributed by atoms with Gasteiger partial charge in [-0.15, -0.1) is 0 Å². The summed E-state index contributed by atoms with van der Waals surface area (Å²) in [6, 6.07) is 8.01. The molecule has 1 heterocycles. The van der Waals surface area contributed by atoms with Crippen LogP contribution < -0.4 is 11.1 Å². The van der Waals surface area contributed by atoms with E-state index in [1.807, 2.05) is 31.2 Å². The highest BCUT2D eigenvalue weighted by atomic mass is 15.0. The lowest BCUT2D eigenvalue weighted by Gasteiger charge is -2.07. The summed E-state index contributed by atoms with van der Waals surface area (Å²) in [5, 5.41) is 3.14. The number of nitrogens with one attached hydrogen (secondary N) is 1. The third kappa shape index (κ3) is 2.22. The van der Waals surface area contributed by atoms with Crippen molar-refractivity contribution in [3.8, 4) is 0 Å². The molecule has 0 saturated heterocycles. The summed E-state index contributed by atoms with van der Waals surface area (Å²) in [5.74, 6) is 0.635. The fourth-order valence-corrected chi connectivity index (χ4v) is 1.30. The lowest BCUT2D eigenvalue weighted by atomic mass is 10.2. The van der Waals surface area contributed by atoms with Gasteiger partial charge in [-0.1, -0.05) is 12.1 Å². The molecule has 1 aromatic carbocycles. The topological polar surface area (TPSA) is 63.8 Å². The Kier molecular flexibility index (Phi) is 2.49. The van der Waals surface area contributed by atoms with Gasteiger partial charge in [-0.05, 0) is 24.6 Å². The monoisotopic (exact) mass is 200 g/mol. The molecule has 0 bridgehead atoms. The zero-order chi connectivity index (χ0) is 10.7. The van der Waals surface area contributed by atoms with Crippen LogP contribution in [0.15, 0.2) is 36.8 Å². The van der Waals surface area contributed by atoms with E-state index in [-0.39, 0.29) is 0 Å². The van der Waals surface area contributed by atoms with E-state index in [2.05, 4.69) is 15.3 Å². The van der Waals surface area contributed by atoms with E-state index < -0.39 is 0 Å². The van der Waals surface area contributed by atoms with E-state index in [0.29, 0.717) is 11.5 Å². The fourth-order valence-electron chi connectivity index (χ4n) is 1.30. The van der Waals surface area contributed by atoms with Gasteiger partial charge < -0.3 is 11.1 Å². The minimum Gasteiger partial charge on any atom is -0.394 e. The minimum absolute atomic E-state index is 0.541. The molecule has 2 aromatic rings. The van der Waals surface area contributed by atoms with Crippen molar-refractivity contribution in [3.63, 3.8) is 0 Å². The highest BCUT2D eigenvalue weighted by molar-refractivity contribution is 5.67. The maximum Gasteiger partial charge on any atom is 0.157 e. The molecule has 0 aliphatic carbocycles. The van der Waals surface area contributed by atoms with Crippen LogP contribution in [0.1, 0.15) is 5.56 Å². The number of aryl methyl sites for hydroxylation is 1. The number of benzene rings is 1. The van der Waals surface area contributed by atoms with Gasteiger partial charge in [-0.3, -0.25) is 0 Å². The first kappa shape index (κ1) is 9.45. The Morgan fingerprint density at radius 2 is 2.20 bits per heavy atom. The van der Waals surface area contributed by atoms with Crippen LogP contribution in [0.5, 0.6) is 0 Å². The first-order chi connectivity index (χ1) is 7.25. The second-order valence-corrected chi connectivity index (χ2v) is 3.32. The molecular formula is C11H12N4. The van der Waals surface area contributed by atoms with E-state index in [4.69, 9.17) is 5.73 Å². The fraction of sp³-hybridized carbons (Fsp3) is 0.0909. The predicted molar refractivity (Wildman–Crippen MR) is 60.9 cm³/mol. The molecule has 0 amide bonds. The molecule has 4 heteroatoms. The highest BCUT2D eigenvalue weighted by Gasteiger charge is 1.99. The van der Waals surface area contributed by atoms with Gasteiger partial charge in [-0.25, -0.2) is 9.97 Å². The number of anilines is 3. The lowest BCUT2D eigenvalue weighted by molar-refractivity contribution is 1.17. The summed E-state index contributed by atoms with van der Waals surface area (Å²) in [4.78, 5) is 7.88. The van der Waals surface area contributed by atoms with Crippen LogP contribution in [0.3, 0.4) is 0 Å².